The van der Waals surface area contributed by atoms with E-state index in [1.807, 2.05) is 0 Å². The Balaban J connectivity index is 1.92. The number of rotatable bonds is 9. The maximum absolute atomic E-state index is 12.2. The molecule has 0 saturated carbocycles. The normalized spacial score (nSPS) is 11.6. The lowest BCUT2D eigenvalue weighted by Gasteiger charge is -2.08. The summed E-state index contributed by atoms with van der Waals surface area (Å²) in [6, 6.07) is 13.0. The molecule has 0 aliphatic carbocycles. The zero-order valence-corrected chi connectivity index (χ0v) is 16.4. The molecule has 2 aromatic carbocycles. The third-order valence-electron chi connectivity index (χ3n) is 3.55. The van der Waals surface area contributed by atoms with Crippen LogP contribution in [0.3, 0.4) is 0 Å². The van der Waals surface area contributed by atoms with Crippen molar-refractivity contribution in [1.29, 1.82) is 0 Å². The number of benzene rings is 2. The van der Waals surface area contributed by atoms with E-state index < -0.39 is 10.0 Å². The van der Waals surface area contributed by atoms with E-state index in [-0.39, 0.29) is 10.8 Å². The molecule has 0 bridgehead atoms. The van der Waals surface area contributed by atoms with Crippen LogP contribution in [-0.4, -0.2) is 34.6 Å². The van der Waals surface area contributed by atoms with Crippen molar-refractivity contribution in [3.8, 4) is 0 Å². The number of ether oxygens (including phenoxy) is 1. The first-order chi connectivity index (χ1) is 12.9. The topological polar surface area (TPSA) is 84.5 Å². The van der Waals surface area contributed by atoms with Gasteiger partial charge in [-0.15, -0.1) is 0 Å². The van der Waals surface area contributed by atoms with Crippen molar-refractivity contribution in [2.24, 2.45) is 0 Å². The highest BCUT2D eigenvalue weighted by Crippen LogP contribution is 2.15. The Morgan fingerprint density at radius 2 is 1.78 bits per heavy atom. The van der Waals surface area contributed by atoms with Gasteiger partial charge < -0.3 is 10.1 Å². The second-order valence-electron chi connectivity index (χ2n) is 5.64. The molecule has 6 nitrogen and oxygen atoms in total. The lowest BCUT2D eigenvalue weighted by atomic mass is 10.2. The van der Waals surface area contributed by atoms with Crippen LogP contribution < -0.4 is 10.0 Å². The van der Waals surface area contributed by atoms with Gasteiger partial charge in [0.25, 0.3) is 0 Å². The van der Waals surface area contributed by atoms with Gasteiger partial charge in [-0.05, 0) is 54.5 Å². The maximum atomic E-state index is 12.2. The van der Waals surface area contributed by atoms with Crippen LogP contribution in [-0.2, 0) is 19.6 Å². The van der Waals surface area contributed by atoms with E-state index in [4.69, 9.17) is 16.3 Å². The Labute approximate surface area is 164 Å². The van der Waals surface area contributed by atoms with Gasteiger partial charge in [0.15, 0.2) is 0 Å². The zero-order valence-electron chi connectivity index (χ0n) is 14.8. The third kappa shape index (κ3) is 7.15. The predicted octanol–water partition coefficient (Wildman–Crippen LogP) is 3.31. The van der Waals surface area contributed by atoms with Crippen LogP contribution in [0.15, 0.2) is 59.5 Å². The number of methoxy groups -OCH3 is 1. The fourth-order valence-corrected chi connectivity index (χ4v) is 3.35. The SMILES string of the molecule is COCCCNS(=O)(=O)c1ccc(NC(=O)C=Cc2ccc(Cl)cc2)cc1. The van der Waals surface area contributed by atoms with Crippen LogP contribution in [0.4, 0.5) is 5.69 Å². The molecule has 2 aromatic rings. The van der Waals surface area contributed by atoms with Crippen molar-refractivity contribution < 1.29 is 17.9 Å². The quantitative estimate of drug-likeness (QED) is 0.492. The fraction of sp³-hybridized carbons (Fsp3) is 0.211. The summed E-state index contributed by atoms with van der Waals surface area (Å²) in [5.74, 6) is -0.321. The van der Waals surface area contributed by atoms with Gasteiger partial charge in [-0.2, -0.15) is 0 Å². The summed E-state index contributed by atoms with van der Waals surface area (Å²) in [5, 5.41) is 3.30. The van der Waals surface area contributed by atoms with E-state index in [1.54, 1.807) is 37.5 Å². The predicted molar refractivity (Wildman–Crippen MR) is 107 cm³/mol. The Kier molecular flexibility index (Phi) is 7.99. The minimum Gasteiger partial charge on any atom is -0.385 e. The number of amides is 1. The first kappa shape index (κ1) is 21.1. The summed E-state index contributed by atoms with van der Waals surface area (Å²) in [7, 11) is -2.02. The van der Waals surface area contributed by atoms with Crippen molar-refractivity contribution in [1.82, 2.24) is 4.72 Å². The first-order valence-corrected chi connectivity index (χ1v) is 10.1. The molecule has 0 unspecified atom stereocenters. The summed E-state index contributed by atoms with van der Waals surface area (Å²) < 4.78 is 31.7. The number of nitrogens with one attached hydrogen (secondary N) is 2. The molecular formula is C19H21ClN2O4S. The molecule has 0 radical (unpaired) electrons. The molecule has 0 spiro atoms. The smallest absolute Gasteiger partial charge is 0.248 e. The minimum atomic E-state index is -3.58. The molecule has 1 amide bonds. The standard InChI is InChI=1S/C19H21ClN2O4S/c1-26-14-2-13-21-27(24,25)18-10-8-17(9-11-18)22-19(23)12-5-15-3-6-16(20)7-4-15/h3-12,21H,2,13-14H2,1H3,(H,22,23). The van der Waals surface area contributed by atoms with Crippen molar-refractivity contribution in [3.05, 3.63) is 65.2 Å². The van der Waals surface area contributed by atoms with Crippen LogP contribution in [0.2, 0.25) is 5.02 Å². The number of carbonyl (C=O) groups is 1. The molecule has 0 heterocycles. The van der Waals surface area contributed by atoms with Gasteiger partial charge >= 0.3 is 0 Å². The minimum absolute atomic E-state index is 0.134. The molecular weight excluding hydrogens is 388 g/mol. The highest BCUT2D eigenvalue weighted by atomic mass is 35.5. The van der Waals surface area contributed by atoms with Crippen LogP contribution >= 0.6 is 11.6 Å². The molecule has 0 aromatic heterocycles. The zero-order chi connectivity index (χ0) is 19.7. The molecule has 0 aliphatic rings. The van der Waals surface area contributed by atoms with Gasteiger partial charge in [0.2, 0.25) is 15.9 Å². The Bertz CT molecular complexity index is 879. The molecule has 8 heteroatoms. The van der Waals surface area contributed by atoms with Gasteiger partial charge in [-0.25, -0.2) is 13.1 Å². The van der Waals surface area contributed by atoms with Gasteiger partial charge in [0.05, 0.1) is 4.90 Å². The first-order valence-electron chi connectivity index (χ1n) is 8.24. The third-order valence-corrected chi connectivity index (χ3v) is 5.28. The van der Waals surface area contributed by atoms with Crippen molar-refractivity contribution in [2.75, 3.05) is 25.6 Å². The number of anilines is 1. The number of halogens is 1. The average Bonchev–Trinajstić information content (AvgIpc) is 2.65. The largest absolute Gasteiger partial charge is 0.385 e. The fourth-order valence-electron chi connectivity index (χ4n) is 2.15. The van der Waals surface area contributed by atoms with Crippen LogP contribution in [0.25, 0.3) is 6.08 Å². The lowest BCUT2D eigenvalue weighted by Crippen LogP contribution is -2.25. The molecule has 0 fully saturated rings. The maximum Gasteiger partial charge on any atom is 0.248 e. The Morgan fingerprint density at radius 1 is 1.11 bits per heavy atom. The average molecular weight is 409 g/mol. The van der Waals surface area contributed by atoms with Gasteiger partial charge in [-0.3, -0.25) is 4.79 Å². The lowest BCUT2D eigenvalue weighted by molar-refractivity contribution is -0.111. The number of carbonyl (C=O) groups excluding carboxylic acids is 1. The number of hydrogen-bond donors (Lipinski definition) is 2. The molecule has 27 heavy (non-hydrogen) atoms. The van der Waals surface area contributed by atoms with Gasteiger partial charge in [0.1, 0.15) is 0 Å². The molecule has 0 saturated heterocycles. The Hall–Kier alpha value is -2.19. The highest BCUT2D eigenvalue weighted by Gasteiger charge is 2.13. The summed E-state index contributed by atoms with van der Waals surface area (Å²) in [4.78, 5) is 12.1. The van der Waals surface area contributed by atoms with Gasteiger partial charge in [0, 0.05) is 37.0 Å². The van der Waals surface area contributed by atoms with Crippen molar-refractivity contribution in [3.63, 3.8) is 0 Å². The van der Waals surface area contributed by atoms with E-state index in [2.05, 4.69) is 10.0 Å². The highest BCUT2D eigenvalue weighted by molar-refractivity contribution is 7.89. The van der Waals surface area contributed by atoms with E-state index >= 15 is 0 Å². The van der Waals surface area contributed by atoms with Gasteiger partial charge in [-0.1, -0.05) is 23.7 Å². The number of sulfonamides is 1. The molecule has 2 N–H and O–H groups in total. The summed E-state index contributed by atoms with van der Waals surface area (Å²) in [6.07, 6.45) is 3.64. The van der Waals surface area contributed by atoms with Crippen LogP contribution in [0, 0.1) is 0 Å². The summed E-state index contributed by atoms with van der Waals surface area (Å²) in [6.45, 7) is 0.779. The van der Waals surface area contributed by atoms with E-state index in [9.17, 15) is 13.2 Å². The van der Waals surface area contributed by atoms with Crippen LogP contribution in [0.5, 0.6) is 0 Å². The van der Waals surface area contributed by atoms with E-state index in [0.29, 0.717) is 30.3 Å². The summed E-state index contributed by atoms with van der Waals surface area (Å²) in [5.41, 5.74) is 1.34. The van der Waals surface area contributed by atoms with Crippen molar-refractivity contribution in [2.45, 2.75) is 11.3 Å². The molecule has 144 valence electrons. The second kappa shape index (κ2) is 10.2. The molecule has 2 rings (SSSR count). The van der Waals surface area contributed by atoms with E-state index in [1.165, 1.54) is 30.3 Å². The van der Waals surface area contributed by atoms with E-state index in [0.717, 1.165) is 5.56 Å². The van der Waals surface area contributed by atoms with Crippen molar-refractivity contribution >= 4 is 39.3 Å². The summed E-state index contributed by atoms with van der Waals surface area (Å²) >= 11 is 5.81. The second-order valence-corrected chi connectivity index (χ2v) is 7.85. The number of hydrogen-bond acceptors (Lipinski definition) is 4. The Morgan fingerprint density at radius 3 is 2.41 bits per heavy atom. The van der Waals surface area contributed by atoms with Crippen LogP contribution in [0.1, 0.15) is 12.0 Å². The molecule has 0 aliphatic heterocycles. The monoisotopic (exact) mass is 408 g/mol. The molecule has 0 atom stereocenters.